The van der Waals surface area contributed by atoms with E-state index in [2.05, 4.69) is 62.5 Å². The van der Waals surface area contributed by atoms with Crippen LogP contribution in [-0.2, 0) is 0 Å². The second-order valence-electron chi connectivity index (χ2n) is 6.46. The number of benzene rings is 1. The topological polar surface area (TPSA) is 12.0 Å². The van der Waals surface area contributed by atoms with Crippen molar-refractivity contribution >= 4 is 0 Å². The monoisotopic (exact) mass is 271 g/mol. The van der Waals surface area contributed by atoms with E-state index in [1.165, 1.54) is 31.2 Å². The summed E-state index contributed by atoms with van der Waals surface area (Å²) in [5.74, 6) is 1.55. The van der Waals surface area contributed by atoms with E-state index in [9.17, 15) is 0 Å². The van der Waals surface area contributed by atoms with Crippen molar-refractivity contribution in [1.29, 1.82) is 0 Å². The van der Waals surface area contributed by atoms with Gasteiger partial charge in [-0.3, -0.25) is 0 Å². The van der Waals surface area contributed by atoms with Crippen molar-refractivity contribution in [2.45, 2.75) is 52.5 Å². The van der Waals surface area contributed by atoms with Crippen LogP contribution in [0.5, 0.6) is 0 Å². The third kappa shape index (κ3) is 4.49. The van der Waals surface area contributed by atoms with Crippen LogP contribution in [0, 0.1) is 11.8 Å². The normalized spacial score (nSPS) is 24.2. The second-order valence-corrected chi connectivity index (χ2v) is 6.46. The number of allylic oxidation sites excluding steroid dienone is 2. The first kappa shape index (κ1) is 15.3. The number of hydrogen-bond acceptors (Lipinski definition) is 1. The van der Waals surface area contributed by atoms with E-state index < -0.39 is 0 Å². The maximum atomic E-state index is 3.82. The summed E-state index contributed by atoms with van der Waals surface area (Å²) in [6.45, 7) is 8.04. The van der Waals surface area contributed by atoms with Crippen molar-refractivity contribution in [1.82, 2.24) is 5.32 Å². The molecule has 0 bridgehead atoms. The molecular weight excluding hydrogens is 242 g/mol. The zero-order chi connectivity index (χ0) is 14.4. The predicted molar refractivity (Wildman–Crippen MR) is 87.7 cm³/mol. The SMILES string of the molecule is CCCC(NCC1CC(C)=CC(C)C1)c1ccccc1. The highest BCUT2D eigenvalue weighted by molar-refractivity contribution is 5.19. The molecule has 0 radical (unpaired) electrons. The average Bonchev–Trinajstić information content (AvgIpc) is 2.43. The summed E-state index contributed by atoms with van der Waals surface area (Å²) in [6.07, 6.45) is 7.49. The molecule has 110 valence electrons. The first-order valence-corrected chi connectivity index (χ1v) is 8.14. The van der Waals surface area contributed by atoms with E-state index >= 15 is 0 Å². The van der Waals surface area contributed by atoms with E-state index in [1.54, 1.807) is 5.57 Å². The zero-order valence-electron chi connectivity index (χ0n) is 13.2. The fourth-order valence-corrected chi connectivity index (χ4v) is 3.51. The van der Waals surface area contributed by atoms with E-state index in [0.717, 1.165) is 18.4 Å². The van der Waals surface area contributed by atoms with Crippen LogP contribution in [0.1, 0.15) is 58.1 Å². The zero-order valence-corrected chi connectivity index (χ0v) is 13.2. The van der Waals surface area contributed by atoms with Crippen molar-refractivity contribution in [3.63, 3.8) is 0 Å². The molecule has 1 aliphatic rings. The lowest BCUT2D eigenvalue weighted by Gasteiger charge is -2.28. The van der Waals surface area contributed by atoms with Crippen LogP contribution in [0.2, 0.25) is 0 Å². The van der Waals surface area contributed by atoms with Gasteiger partial charge in [0.1, 0.15) is 0 Å². The second kappa shape index (κ2) is 7.64. The molecule has 1 N–H and O–H groups in total. The third-order valence-corrected chi connectivity index (χ3v) is 4.32. The fourth-order valence-electron chi connectivity index (χ4n) is 3.51. The summed E-state index contributed by atoms with van der Waals surface area (Å²) in [5, 5.41) is 3.82. The minimum atomic E-state index is 0.516. The average molecular weight is 271 g/mol. The van der Waals surface area contributed by atoms with Gasteiger partial charge in [-0.2, -0.15) is 0 Å². The molecule has 0 aliphatic heterocycles. The lowest BCUT2D eigenvalue weighted by molar-refractivity contribution is 0.354. The largest absolute Gasteiger partial charge is 0.310 e. The van der Waals surface area contributed by atoms with Gasteiger partial charge in [0.05, 0.1) is 0 Å². The van der Waals surface area contributed by atoms with E-state index in [-0.39, 0.29) is 0 Å². The molecule has 0 amide bonds. The highest BCUT2D eigenvalue weighted by Crippen LogP contribution is 2.28. The van der Waals surface area contributed by atoms with E-state index in [0.29, 0.717) is 6.04 Å². The first-order chi connectivity index (χ1) is 9.69. The van der Waals surface area contributed by atoms with Crippen LogP contribution < -0.4 is 5.32 Å². The van der Waals surface area contributed by atoms with Gasteiger partial charge in [-0.05, 0) is 50.1 Å². The van der Waals surface area contributed by atoms with Crippen LogP contribution in [0.3, 0.4) is 0 Å². The Morgan fingerprint density at radius 2 is 2.00 bits per heavy atom. The number of nitrogens with one attached hydrogen (secondary N) is 1. The van der Waals surface area contributed by atoms with Gasteiger partial charge in [-0.15, -0.1) is 0 Å². The van der Waals surface area contributed by atoms with Crippen molar-refractivity contribution < 1.29 is 0 Å². The third-order valence-electron chi connectivity index (χ3n) is 4.32. The van der Waals surface area contributed by atoms with Crippen LogP contribution in [0.15, 0.2) is 42.0 Å². The Morgan fingerprint density at radius 3 is 2.65 bits per heavy atom. The number of hydrogen-bond donors (Lipinski definition) is 1. The molecule has 1 aromatic rings. The van der Waals surface area contributed by atoms with E-state index in [1.807, 2.05) is 0 Å². The lowest BCUT2D eigenvalue weighted by Crippen LogP contribution is -2.29. The Kier molecular flexibility index (Phi) is 5.85. The van der Waals surface area contributed by atoms with Crippen molar-refractivity contribution in [2.24, 2.45) is 11.8 Å². The standard InChI is InChI=1S/C19H29N/c1-4-8-19(18-9-6-5-7-10-18)20-14-17-12-15(2)11-16(3)13-17/h5-7,9-11,15,17,19-20H,4,8,12-14H2,1-3H3. The predicted octanol–water partition coefficient (Wildman–Crippen LogP) is 5.11. The Morgan fingerprint density at radius 1 is 1.25 bits per heavy atom. The van der Waals surface area contributed by atoms with Crippen molar-refractivity contribution in [3.8, 4) is 0 Å². The summed E-state index contributed by atoms with van der Waals surface area (Å²) in [4.78, 5) is 0. The van der Waals surface area contributed by atoms with Gasteiger partial charge in [0.2, 0.25) is 0 Å². The quantitative estimate of drug-likeness (QED) is 0.709. The Hall–Kier alpha value is -1.08. The van der Waals surface area contributed by atoms with Gasteiger partial charge in [0.25, 0.3) is 0 Å². The molecule has 1 aliphatic carbocycles. The van der Waals surface area contributed by atoms with Crippen LogP contribution in [0.4, 0.5) is 0 Å². The highest BCUT2D eigenvalue weighted by atomic mass is 14.9. The van der Waals surface area contributed by atoms with Gasteiger partial charge in [-0.25, -0.2) is 0 Å². The van der Waals surface area contributed by atoms with E-state index in [4.69, 9.17) is 0 Å². The molecule has 1 aromatic carbocycles. The molecule has 1 nitrogen and oxygen atoms in total. The smallest absolute Gasteiger partial charge is 0.0320 e. The molecule has 2 rings (SSSR count). The number of rotatable bonds is 6. The Labute approximate surface area is 124 Å². The highest BCUT2D eigenvalue weighted by Gasteiger charge is 2.19. The molecule has 0 aromatic heterocycles. The molecular formula is C19H29N. The fraction of sp³-hybridized carbons (Fsp3) is 0.579. The van der Waals surface area contributed by atoms with Gasteiger partial charge in [0, 0.05) is 6.04 Å². The molecule has 1 heteroatoms. The lowest BCUT2D eigenvalue weighted by atomic mass is 9.83. The molecule has 0 heterocycles. The summed E-state index contributed by atoms with van der Waals surface area (Å²) >= 11 is 0. The van der Waals surface area contributed by atoms with Gasteiger partial charge >= 0.3 is 0 Å². The Balaban J connectivity index is 1.91. The molecule has 0 spiro atoms. The summed E-state index contributed by atoms with van der Waals surface area (Å²) in [7, 11) is 0. The minimum Gasteiger partial charge on any atom is -0.310 e. The van der Waals surface area contributed by atoms with Crippen molar-refractivity contribution in [2.75, 3.05) is 6.54 Å². The van der Waals surface area contributed by atoms with Crippen molar-refractivity contribution in [3.05, 3.63) is 47.5 Å². The van der Waals surface area contributed by atoms with Crippen LogP contribution in [-0.4, -0.2) is 6.54 Å². The maximum absolute atomic E-state index is 3.82. The van der Waals surface area contributed by atoms with Gasteiger partial charge in [-0.1, -0.05) is 62.2 Å². The molecule has 3 atom stereocenters. The van der Waals surface area contributed by atoms with Crippen LogP contribution >= 0.6 is 0 Å². The molecule has 3 unspecified atom stereocenters. The maximum Gasteiger partial charge on any atom is 0.0320 e. The van der Waals surface area contributed by atoms with Gasteiger partial charge in [0.15, 0.2) is 0 Å². The molecule has 20 heavy (non-hydrogen) atoms. The van der Waals surface area contributed by atoms with Gasteiger partial charge < -0.3 is 5.32 Å². The molecule has 0 saturated heterocycles. The molecule has 0 saturated carbocycles. The molecule has 0 fully saturated rings. The minimum absolute atomic E-state index is 0.516. The summed E-state index contributed by atoms with van der Waals surface area (Å²) in [6, 6.07) is 11.4. The summed E-state index contributed by atoms with van der Waals surface area (Å²) < 4.78 is 0. The summed E-state index contributed by atoms with van der Waals surface area (Å²) in [5.41, 5.74) is 3.01. The van der Waals surface area contributed by atoms with Crippen LogP contribution in [0.25, 0.3) is 0 Å². The Bertz CT molecular complexity index is 421. The first-order valence-electron chi connectivity index (χ1n) is 8.14.